The monoisotopic (exact) mass is 266 g/mol. The minimum atomic E-state index is -0.835. The molecule has 0 saturated carbocycles. The Bertz CT molecular complexity index is 557. The first-order chi connectivity index (χ1) is 8.56. The predicted molar refractivity (Wildman–Crippen MR) is 68.2 cm³/mol. The maximum absolute atomic E-state index is 13.3. The summed E-state index contributed by atoms with van der Waals surface area (Å²) in [6, 6.07) is 10.8. The number of aliphatic hydroxyl groups is 1. The first-order valence-corrected chi connectivity index (χ1v) is 5.85. The summed E-state index contributed by atoms with van der Waals surface area (Å²) in [7, 11) is 0. The zero-order valence-electron chi connectivity index (χ0n) is 9.48. The van der Waals surface area contributed by atoms with Crippen molar-refractivity contribution in [3.63, 3.8) is 0 Å². The van der Waals surface area contributed by atoms with Crippen LogP contribution >= 0.6 is 11.6 Å². The van der Waals surface area contributed by atoms with Crippen LogP contribution in [0.3, 0.4) is 0 Å². The normalized spacial score (nSPS) is 12.4. The van der Waals surface area contributed by atoms with Crippen LogP contribution < -0.4 is 0 Å². The molecule has 2 N–H and O–H groups in total. The van der Waals surface area contributed by atoms with Crippen molar-refractivity contribution in [2.75, 3.05) is 0 Å². The Hall–Kier alpha value is -1.58. The Labute approximate surface area is 109 Å². The zero-order chi connectivity index (χ0) is 13.1. The van der Waals surface area contributed by atoms with Crippen molar-refractivity contribution >= 4 is 11.6 Å². The number of benzene rings is 2. The second-order valence-electron chi connectivity index (χ2n) is 4.06. The highest BCUT2D eigenvalue weighted by molar-refractivity contribution is 6.30. The molecule has 0 spiro atoms. The van der Waals surface area contributed by atoms with Gasteiger partial charge in [-0.15, -0.1) is 0 Å². The number of halogens is 2. The van der Waals surface area contributed by atoms with E-state index in [1.54, 1.807) is 30.3 Å². The number of aliphatic hydroxyl groups excluding tert-OH is 1. The maximum atomic E-state index is 13.3. The molecule has 4 heteroatoms. The van der Waals surface area contributed by atoms with E-state index in [0.717, 1.165) is 5.56 Å². The quantitative estimate of drug-likeness (QED) is 0.893. The summed E-state index contributed by atoms with van der Waals surface area (Å²) in [5.41, 5.74) is 1.23. The number of hydrogen-bond acceptors (Lipinski definition) is 2. The summed E-state index contributed by atoms with van der Waals surface area (Å²) in [6.07, 6.45) is -0.534. The molecule has 0 saturated heterocycles. The summed E-state index contributed by atoms with van der Waals surface area (Å²) in [6.45, 7) is 0. The van der Waals surface area contributed by atoms with Gasteiger partial charge in [0.25, 0.3) is 0 Å². The molecule has 1 atom stereocenters. The molecule has 0 amide bonds. The summed E-state index contributed by atoms with van der Waals surface area (Å²) < 4.78 is 13.3. The summed E-state index contributed by atoms with van der Waals surface area (Å²) in [5.74, 6) is -0.411. The molecule has 94 valence electrons. The van der Waals surface area contributed by atoms with E-state index in [-0.39, 0.29) is 10.8 Å². The van der Waals surface area contributed by atoms with Gasteiger partial charge >= 0.3 is 0 Å². The number of aromatic hydroxyl groups is 1. The fourth-order valence-corrected chi connectivity index (χ4v) is 1.86. The largest absolute Gasteiger partial charge is 0.508 e. The summed E-state index contributed by atoms with van der Waals surface area (Å²) >= 11 is 5.58. The Morgan fingerprint density at radius 3 is 2.61 bits per heavy atom. The molecular weight excluding hydrogens is 255 g/mol. The molecule has 18 heavy (non-hydrogen) atoms. The Morgan fingerprint density at radius 1 is 1.17 bits per heavy atom. The Kier molecular flexibility index (Phi) is 3.84. The minimum absolute atomic E-state index is 0.0308. The third-order valence-electron chi connectivity index (χ3n) is 2.67. The van der Waals surface area contributed by atoms with Gasteiger partial charge in [-0.25, -0.2) is 4.39 Å². The number of phenols is 1. The molecule has 2 aromatic carbocycles. The topological polar surface area (TPSA) is 40.5 Å². The predicted octanol–water partition coefficient (Wildman–Crippen LogP) is 3.46. The number of hydrogen-bond donors (Lipinski definition) is 2. The summed E-state index contributed by atoms with van der Waals surface area (Å²) in [5, 5.41) is 19.3. The molecule has 0 heterocycles. The van der Waals surface area contributed by atoms with Crippen molar-refractivity contribution in [1.82, 2.24) is 0 Å². The second-order valence-corrected chi connectivity index (χ2v) is 4.47. The van der Waals surface area contributed by atoms with Gasteiger partial charge in [0, 0.05) is 6.42 Å². The van der Waals surface area contributed by atoms with E-state index >= 15 is 0 Å². The van der Waals surface area contributed by atoms with E-state index in [2.05, 4.69) is 0 Å². The Balaban J connectivity index is 2.16. The molecule has 1 unspecified atom stereocenters. The molecule has 2 aromatic rings. The molecule has 0 aliphatic carbocycles. The van der Waals surface area contributed by atoms with Crippen molar-refractivity contribution in [2.24, 2.45) is 0 Å². The molecule has 0 aliphatic rings. The molecule has 0 fully saturated rings. The van der Waals surface area contributed by atoms with E-state index in [1.807, 2.05) is 0 Å². The van der Waals surface area contributed by atoms with Crippen LogP contribution in [0.5, 0.6) is 5.75 Å². The van der Waals surface area contributed by atoms with E-state index in [1.165, 1.54) is 12.1 Å². The lowest BCUT2D eigenvalue weighted by Gasteiger charge is -2.11. The summed E-state index contributed by atoms with van der Waals surface area (Å²) in [4.78, 5) is 0. The van der Waals surface area contributed by atoms with Gasteiger partial charge in [-0.3, -0.25) is 0 Å². The average Bonchev–Trinajstić information content (AvgIpc) is 2.32. The van der Waals surface area contributed by atoms with Gasteiger partial charge in [-0.1, -0.05) is 29.8 Å². The lowest BCUT2D eigenvalue weighted by molar-refractivity contribution is 0.178. The number of rotatable bonds is 3. The maximum Gasteiger partial charge on any atom is 0.142 e. The lowest BCUT2D eigenvalue weighted by atomic mass is 10.0. The standard InChI is InChI=1S/C14H12ClFO2/c15-12-5-4-10(8-13(12)16)14(18)7-9-2-1-3-11(17)6-9/h1-6,8,14,17-18H,7H2. The Morgan fingerprint density at radius 2 is 1.94 bits per heavy atom. The fourth-order valence-electron chi connectivity index (χ4n) is 1.74. The highest BCUT2D eigenvalue weighted by atomic mass is 35.5. The molecule has 0 aliphatic heterocycles. The van der Waals surface area contributed by atoms with Gasteiger partial charge in [-0.05, 0) is 35.4 Å². The van der Waals surface area contributed by atoms with Crippen LogP contribution in [0.15, 0.2) is 42.5 Å². The van der Waals surface area contributed by atoms with Crippen molar-refractivity contribution in [3.8, 4) is 5.75 Å². The van der Waals surface area contributed by atoms with E-state index in [4.69, 9.17) is 11.6 Å². The minimum Gasteiger partial charge on any atom is -0.508 e. The third-order valence-corrected chi connectivity index (χ3v) is 2.97. The van der Waals surface area contributed by atoms with Crippen LogP contribution in [0.25, 0.3) is 0 Å². The van der Waals surface area contributed by atoms with Crippen molar-refractivity contribution in [3.05, 3.63) is 64.4 Å². The van der Waals surface area contributed by atoms with Crippen LogP contribution in [-0.2, 0) is 6.42 Å². The van der Waals surface area contributed by atoms with Gasteiger partial charge in [0.1, 0.15) is 11.6 Å². The van der Waals surface area contributed by atoms with Gasteiger partial charge in [0.2, 0.25) is 0 Å². The van der Waals surface area contributed by atoms with E-state index in [9.17, 15) is 14.6 Å². The SMILES string of the molecule is Oc1cccc(CC(O)c2ccc(Cl)c(F)c2)c1. The second kappa shape index (κ2) is 5.38. The first kappa shape index (κ1) is 12.9. The highest BCUT2D eigenvalue weighted by Crippen LogP contribution is 2.24. The highest BCUT2D eigenvalue weighted by Gasteiger charge is 2.11. The third kappa shape index (κ3) is 3.00. The van der Waals surface area contributed by atoms with Crippen LogP contribution in [0.1, 0.15) is 17.2 Å². The molecule has 0 radical (unpaired) electrons. The van der Waals surface area contributed by atoms with Crippen molar-refractivity contribution < 1.29 is 14.6 Å². The number of phenolic OH excluding ortho intramolecular Hbond substituents is 1. The van der Waals surface area contributed by atoms with Crippen molar-refractivity contribution in [1.29, 1.82) is 0 Å². The van der Waals surface area contributed by atoms with Crippen LogP contribution in [0.4, 0.5) is 4.39 Å². The lowest BCUT2D eigenvalue weighted by Crippen LogP contribution is -2.02. The van der Waals surface area contributed by atoms with Crippen LogP contribution in [0.2, 0.25) is 5.02 Å². The smallest absolute Gasteiger partial charge is 0.142 e. The van der Waals surface area contributed by atoms with Gasteiger partial charge in [-0.2, -0.15) is 0 Å². The molecule has 2 nitrogen and oxygen atoms in total. The van der Waals surface area contributed by atoms with Gasteiger partial charge in [0.05, 0.1) is 11.1 Å². The van der Waals surface area contributed by atoms with E-state index < -0.39 is 11.9 Å². The van der Waals surface area contributed by atoms with Crippen LogP contribution in [0, 0.1) is 5.82 Å². The fraction of sp³-hybridized carbons (Fsp3) is 0.143. The molecular formula is C14H12ClFO2. The zero-order valence-corrected chi connectivity index (χ0v) is 10.2. The molecule has 0 bridgehead atoms. The molecule has 2 rings (SSSR count). The van der Waals surface area contributed by atoms with Crippen LogP contribution in [-0.4, -0.2) is 10.2 Å². The molecule has 0 aromatic heterocycles. The van der Waals surface area contributed by atoms with E-state index in [0.29, 0.717) is 12.0 Å². The van der Waals surface area contributed by atoms with Crippen molar-refractivity contribution in [2.45, 2.75) is 12.5 Å². The van der Waals surface area contributed by atoms with Gasteiger partial charge < -0.3 is 10.2 Å². The van der Waals surface area contributed by atoms with Gasteiger partial charge in [0.15, 0.2) is 0 Å². The first-order valence-electron chi connectivity index (χ1n) is 5.47. The average molecular weight is 267 g/mol.